The van der Waals surface area contributed by atoms with Gasteiger partial charge < -0.3 is 16.2 Å². The number of hydrogen-bond acceptors (Lipinski definition) is 3. The summed E-state index contributed by atoms with van der Waals surface area (Å²) in [5.41, 5.74) is 4.87. The van der Waals surface area contributed by atoms with Gasteiger partial charge >= 0.3 is 0 Å². The van der Waals surface area contributed by atoms with E-state index in [2.05, 4.69) is 5.32 Å². The smallest absolute Gasteiger partial charge is 0.248 e. The first-order valence-electron chi connectivity index (χ1n) is 7.01. The first-order valence-corrected chi connectivity index (χ1v) is 7.39. The van der Waals surface area contributed by atoms with Crippen LogP contribution in [0.5, 0.6) is 0 Å². The molecule has 0 heterocycles. The minimum absolute atomic E-state index is 0.0319. The third kappa shape index (κ3) is 4.19. The molecule has 4 N–H and O–H groups in total. The van der Waals surface area contributed by atoms with Gasteiger partial charge in [0.1, 0.15) is 0 Å². The van der Waals surface area contributed by atoms with Crippen LogP contribution in [0.2, 0.25) is 5.02 Å². The number of carbonyl (C=O) groups excluding carboxylic acids is 2. The number of hydrogen-bond donors (Lipinski definition) is 3. The number of nitrogens with two attached hydrogens (primary N) is 1. The monoisotopic (exact) mass is 310 g/mol. The molecule has 0 aliphatic heterocycles. The summed E-state index contributed by atoms with van der Waals surface area (Å²) in [6, 6.07) is 4.44. The van der Waals surface area contributed by atoms with Crippen molar-refractivity contribution in [3.05, 3.63) is 28.8 Å². The van der Waals surface area contributed by atoms with Crippen molar-refractivity contribution in [2.24, 2.45) is 5.73 Å². The van der Waals surface area contributed by atoms with Crippen LogP contribution in [-0.4, -0.2) is 22.5 Å². The van der Waals surface area contributed by atoms with E-state index in [1.807, 2.05) is 0 Å². The molecule has 0 saturated heterocycles. The Bertz CT molecular complexity index is 554. The van der Waals surface area contributed by atoms with Gasteiger partial charge in [-0.2, -0.15) is 0 Å². The van der Waals surface area contributed by atoms with E-state index in [4.69, 9.17) is 17.3 Å². The molecule has 0 bridgehead atoms. The fraction of sp³-hybridized carbons (Fsp3) is 0.467. The third-order valence-corrected chi connectivity index (χ3v) is 4.13. The van der Waals surface area contributed by atoms with Gasteiger partial charge in [-0.1, -0.05) is 30.9 Å². The van der Waals surface area contributed by atoms with Crippen molar-refractivity contribution < 1.29 is 14.7 Å². The van der Waals surface area contributed by atoms with Crippen LogP contribution in [0, 0.1) is 0 Å². The molecule has 1 aliphatic rings. The van der Waals surface area contributed by atoms with E-state index in [-0.39, 0.29) is 17.9 Å². The molecule has 1 aliphatic carbocycles. The third-order valence-electron chi connectivity index (χ3n) is 3.80. The van der Waals surface area contributed by atoms with Gasteiger partial charge in [-0.05, 0) is 31.0 Å². The fourth-order valence-corrected chi connectivity index (χ4v) is 2.82. The van der Waals surface area contributed by atoms with Gasteiger partial charge in [0, 0.05) is 5.56 Å². The van der Waals surface area contributed by atoms with E-state index >= 15 is 0 Å². The molecule has 1 saturated carbocycles. The molecular formula is C15H19ClN2O3. The van der Waals surface area contributed by atoms with Gasteiger partial charge in [0.05, 0.1) is 22.7 Å². The summed E-state index contributed by atoms with van der Waals surface area (Å²) >= 11 is 5.99. The van der Waals surface area contributed by atoms with Crippen LogP contribution in [-0.2, 0) is 4.79 Å². The normalized spacial score (nSPS) is 17.2. The van der Waals surface area contributed by atoms with Crippen LogP contribution in [0.1, 0.15) is 48.9 Å². The Kier molecular flexibility index (Phi) is 4.85. The number of benzene rings is 1. The van der Waals surface area contributed by atoms with Crippen LogP contribution >= 0.6 is 11.6 Å². The lowest BCUT2D eigenvalue weighted by atomic mass is 9.82. The summed E-state index contributed by atoms with van der Waals surface area (Å²) in [4.78, 5) is 23.2. The second-order valence-electron chi connectivity index (χ2n) is 5.57. The first-order chi connectivity index (χ1) is 9.89. The number of amides is 2. The molecule has 21 heavy (non-hydrogen) atoms. The molecule has 0 radical (unpaired) electrons. The van der Waals surface area contributed by atoms with Gasteiger partial charge in [0.2, 0.25) is 11.8 Å². The average molecular weight is 311 g/mol. The fourth-order valence-electron chi connectivity index (χ4n) is 2.65. The van der Waals surface area contributed by atoms with Crippen LogP contribution < -0.4 is 11.1 Å². The molecule has 0 aromatic heterocycles. The van der Waals surface area contributed by atoms with Crippen molar-refractivity contribution in [3.8, 4) is 0 Å². The highest BCUT2D eigenvalue weighted by Crippen LogP contribution is 2.31. The van der Waals surface area contributed by atoms with E-state index in [1.165, 1.54) is 18.2 Å². The lowest BCUT2D eigenvalue weighted by Gasteiger charge is -2.31. The Morgan fingerprint density at radius 1 is 1.29 bits per heavy atom. The Hall–Kier alpha value is -1.59. The van der Waals surface area contributed by atoms with Crippen molar-refractivity contribution in [1.82, 2.24) is 0 Å². The summed E-state index contributed by atoms with van der Waals surface area (Å²) in [5, 5.41) is 13.3. The number of anilines is 1. The van der Waals surface area contributed by atoms with Gasteiger partial charge in [-0.3, -0.25) is 9.59 Å². The zero-order chi connectivity index (χ0) is 15.5. The summed E-state index contributed by atoms with van der Waals surface area (Å²) in [7, 11) is 0. The van der Waals surface area contributed by atoms with E-state index in [0.29, 0.717) is 23.6 Å². The van der Waals surface area contributed by atoms with Crippen molar-refractivity contribution in [1.29, 1.82) is 0 Å². The van der Waals surface area contributed by atoms with Crippen LogP contribution in [0.15, 0.2) is 18.2 Å². The van der Waals surface area contributed by atoms with Gasteiger partial charge in [0.25, 0.3) is 0 Å². The topological polar surface area (TPSA) is 92.4 Å². The molecule has 0 spiro atoms. The van der Waals surface area contributed by atoms with E-state index in [0.717, 1.165) is 19.3 Å². The number of nitrogens with one attached hydrogen (secondary N) is 1. The van der Waals surface area contributed by atoms with E-state index in [1.54, 1.807) is 0 Å². The minimum Gasteiger partial charge on any atom is -0.389 e. The van der Waals surface area contributed by atoms with Crippen LogP contribution in [0.3, 0.4) is 0 Å². The van der Waals surface area contributed by atoms with Crippen molar-refractivity contribution in [2.45, 2.75) is 44.1 Å². The molecule has 114 valence electrons. The minimum atomic E-state index is -0.934. The summed E-state index contributed by atoms with van der Waals surface area (Å²) in [5.74, 6) is -0.906. The van der Waals surface area contributed by atoms with Crippen LogP contribution in [0.25, 0.3) is 0 Å². The predicted octanol–water partition coefficient (Wildman–Crippen LogP) is 2.46. The highest BCUT2D eigenvalue weighted by atomic mass is 35.5. The number of carbonyl (C=O) groups is 2. The van der Waals surface area contributed by atoms with Gasteiger partial charge in [0.15, 0.2) is 0 Å². The van der Waals surface area contributed by atoms with Gasteiger partial charge in [-0.25, -0.2) is 0 Å². The molecule has 2 amide bonds. The number of halogens is 1. The molecule has 6 heteroatoms. The average Bonchev–Trinajstić information content (AvgIpc) is 2.41. The Balaban J connectivity index is 2.05. The molecule has 1 aromatic carbocycles. The SMILES string of the molecule is NC(=O)c1ccc(Cl)c(NC(=O)CC2(O)CCCCC2)c1. The largest absolute Gasteiger partial charge is 0.389 e. The maximum atomic E-state index is 12.1. The molecule has 0 atom stereocenters. The molecular weight excluding hydrogens is 292 g/mol. The quantitative estimate of drug-likeness (QED) is 0.797. The summed E-state index contributed by atoms with van der Waals surface area (Å²) < 4.78 is 0. The Labute approximate surface area is 128 Å². The summed E-state index contributed by atoms with van der Waals surface area (Å²) in [6.45, 7) is 0. The number of primary amides is 1. The Morgan fingerprint density at radius 2 is 1.95 bits per heavy atom. The summed E-state index contributed by atoms with van der Waals surface area (Å²) in [6.07, 6.45) is 4.26. The number of aliphatic hydroxyl groups is 1. The lowest BCUT2D eigenvalue weighted by Crippen LogP contribution is -2.36. The first kappa shape index (κ1) is 15.8. The maximum absolute atomic E-state index is 12.1. The number of rotatable bonds is 4. The van der Waals surface area contributed by atoms with Crippen molar-refractivity contribution in [3.63, 3.8) is 0 Å². The zero-order valence-corrected chi connectivity index (χ0v) is 12.4. The van der Waals surface area contributed by atoms with Gasteiger partial charge in [-0.15, -0.1) is 0 Å². The molecule has 2 rings (SSSR count). The van der Waals surface area contributed by atoms with Crippen molar-refractivity contribution in [2.75, 3.05) is 5.32 Å². The Morgan fingerprint density at radius 3 is 2.57 bits per heavy atom. The second kappa shape index (κ2) is 6.45. The van der Waals surface area contributed by atoms with Crippen molar-refractivity contribution >= 4 is 29.1 Å². The molecule has 0 unspecified atom stereocenters. The predicted molar refractivity (Wildman–Crippen MR) is 81.3 cm³/mol. The molecule has 5 nitrogen and oxygen atoms in total. The zero-order valence-electron chi connectivity index (χ0n) is 11.7. The highest BCUT2D eigenvalue weighted by Gasteiger charge is 2.31. The molecule has 1 aromatic rings. The standard InChI is InChI=1S/C15H19ClN2O3/c16-11-5-4-10(14(17)20)8-12(11)18-13(19)9-15(21)6-2-1-3-7-15/h4-5,8,21H,1-3,6-7,9H2,(H2,17,20)(H,18,19). The van der Waals surface area contributed by atoms with E-state index < -0.39 is 11.5 Å². The lowest BCUT2D eigenvalue weighted by molar-refractivity contribution is -0.122. The van der Waals surface area contributed by atoms with Crippen LogP contribution in [0.4, 0.5) is 5.69 Å². The maximum Gasteiger partial charge on any atom is 0.248 e. The van der Waals surface area contributed by atoms with E-state index in [9.17, 15) is 14.7 Å². The second-order valence-corrected chi connectivity index (χ2v) is 5.98. The molecule has 1 fully saturated rings. The highest BCUT2D eigenvalue weighted by molar-refractivity contribution is 6.33.